The fourth-order valence-corrected chi connectivity index (χ4v) is 2.07. The van der Waals surface area contributed by atoms with Crippen molar-refractivity contribution in [3.8, 4) is 11.5 Å². The van der Waals surface area contributed by atoms with Crippen LogP contribution in [0.5, 0.6) is 0 Å². The van der Waals surface area contributed by atoms with E-state index in [1.165, 1.54) is 36.4 Å². The number of aromatic nitrogens is 2. The van der Waals surface area contributed by atoms with E-state index in [2.05, 4.69) is 15.5 Å². The molecule has 0 radical (unpaired) electrons. The van der Waals surface area contributed by atoms with Crippen LogP contribution < -0.4 is 5.32 Å². The molecule has 0 atom stereocenters. The Morgan fingerprint density at radius 2 is 1.68 bits per heavy atom. The Bertz CT molecular complexity index is 921. The summed E-state index contributed by atoms with van der Waals surface area (Å²) in [5, 5.41) is 9.05. The second-order valence-corrected chi connectivity index (χ2v) is 4.89. The SMILES string of the molecule is O=C(Nc1ccccc1C(F)(F)F)c1nnc(-c2ccccc2F)o1. The highest BCUT2D eigenvalue weighted by molar-refractivity contribution is 6.01. The van der Waals surface area contributed by atoms with Gasteiger partial charge in [0.05, 0.1) is 16.8 Å². The van der Waals surface area contributed by atoms with Crippen molar-refractivity contribution in [3.63, 3.8) is 0 Å². The van der Waals surface area contributed by atoms with Gasteiger partial charge in [-0.15, -0.1) is 10.2 Å². The summed E-state index contributed by atoms with van der Waals surface area (Å²) in [7, 11) is 0. The standard InChI is InChI=1S/C16H9F4N3O2/c17-11-7-3-1-5-9(11)14-22-23-15(25-14)13(24)21-12-8-4-2-6-10(12)16(18,19)20/h1-8H,(H,21,24). The molecule has 1 amide bonds. The number of amides is 1. The van der Waals surface area contributed by atoms with E-state index < -0.39 is 35.0 Å². The number of halogens is 4. The molecule has 5 nitrogen and oxygen atoms in total. The van der Waals surface area contributed by atoms with Crippen LogP contribution in [0.3, 0.4) is 0 Å². The van der Waals surface area contributed by atoms with Crippen molar-refractivity contribution >= 4 is 11.6 Å². The number of nitrogens with zero attached hydrogens (tertiary/aromatic N) is 2. The molecule has 3 rings (SSSR count). The Morgan fingerprint density at radius 3 is 2.40 bits per heavy atom. The Morgan fingerprint density at radius 1 is 1.00 bits per heavy atom. The van der Waals surface area contributed by atoms with E-state index >= 15 is 0 Å². The lowest BCUT2D eigenvalue weighted by molar-refractivity contribution is -0.136. The molecule has 0 bridgehead atoms. The van der Waals surface area contributed by atoms with Gasteiger partial charge in [0.25, 0.3) is 5.89 Å². The maximum atomic E-state index is 13.7. The molecule has 128 valence electrons. The summed E-state index contributed by atoms with van der Waals surface area (Å²) in [4.78, 5) is 12.1. The van der Waals surface area contributed by atoms with Crippen LogP contribution in [-0.4, -0.2) is 16.1 Å². The van der Waals surface area contributed by atoms with Gasteiger partial charge in [0.15, 0.2) is 0 Å². The summed E-state index contributed by atoms with van der Waals surface area (Å²) >= 11 is 0. The van der Waals surface area contributed by atoms with Gasteiger partial charge in [-0.2, -0.15) is 13.2 Å². The van der Waals surface area contributed by atoms with Crippen molar-refractivity contribution in [3.05, 3.63) is 65.8 Å². The average Bonchev–Trinajstić information content (AvgIpc) is 3.04. The van der Waals surface area contributed by atoms with Crippen LogP contribution in [0.25, 0.3) is 11.5 Å². The number of rotatable bonds is 3. The second kappa shape index (κ2) is 6.34. The van der Waals surface area contributed by atoms with Crippen LogP contribution in [0.1, 0.15) is 16.2 Å². The lowest BCUT2D eigenvalue weighted by atomic mass is 10.1. The predicted octanol–water partition coefficient (Wildman–Crippen LogP) is 4.15. The summed E-state index contributed by atoms with van der Waals surface area (Å²) in [5.41, 5.74) is -1.49. The predicted molar refractivity (Wildman–Crippen MR) is 79.1 cm³/mol. The maximum Gasteiger partial charge on any atom is 0.418 e. The molecule has 0 spiro atoms. The van der Waals surface area contributed by atoms with Crippen LogP contribution in [0.15, 0.2) is 52.9 Å². The highest BCUT2D eigenvalue weighted by atomic mass is 19.4. The maximum absolute atomic E-state index is 13.7. The summed E-state index contributed by atoms with van der Waals surface area (Å²) < 4.78 is 57.5. The Hall–Kier alpha value is -3.23. The van der Waals surface area contributed by atoms with Crippen molar-refractivity contribution in [2.45, 2.75) is 6.18 Å². The zero-order valence-electron chi connectivity index (χ0n) is 12.3. The van der Waals surface area contributed by atoms with Gasteiger partial charge in [-0.3, -0.25) is 4.79 Å². The van der Waals surface area contributed by atoms with E-state index in [1.54, 1.807) is 0 Å². The van der Waals surface area contributed by atoms with Gasteiger partial charge in [-0.1, -0.05) is 24.3 Å². The van der Waals surface area contributed by atoms with E-state index in [0.29, 0.717) is 0 Å². The van der Waals surface area contributed by atoms with Crippen LogP contribution in [-0.2, 0) is 6.18 Å². The largest absolute Gasteiger partial charge is 0.418 e. The molecule has 0 saturated carbocycles. The first kappa shape index (κ1) is 16.6. The zero-order valence-corrected chi connectivity index (χ0v) is 12.3. The van der Waals surface area contributed by atoms with Gasteiger partial charge < -0.3 is 9.73 Å². The molecule has 3 aromatic rings. The molecule has 9 heteroatoms. The fourth-order valence-electron chi connectivity index (χ4n) is 2.07. The molecule has 1 aromatic heterocycles. The van der Waals surface area contributed by atoms with Gasteiger partial charge >= 0.3 is 18.0 Å². The number of para-hydroxylation sites is 1. The Balaban J connectivity index is 1.86. The normalized spacial score (nSPS) is 11.4. The quantitative estimate of drug-likeness (QED) is 0.720. The molecule has 25 heavy (non-hydrogen) atoms. The minimum absolute atomic E-state index is 0.0234. The summed E-state index contributed by atoms with van der Waals surface area (Å²) in [5.74, 6) is -2.52. The molecular formula is C16H9F4N3O2. The summed E-state index contributed by atoms with van der Waals surface area (Å²) in [6.07, 6.45) is -4.64. The first-order chi connectivity index (χ1) is 11.9. The van der Waals surface area contributed by atoms with Crippen LogP contribution >= 0.6 is 0 Å². The second-order valence-electron chi connectivity index (χ2n) is 4.89. The lowest BCUT2D eigenvalue weighted by Gasteiger charge is -2.12. The molecule has 2 aromatic carbocycles. The molecule has 0 saturated heterocycles. The fraction of sp³-hybridized carbons (Fsp3) is 0.0625. The van der Waals surface area contributed by atoms with Crippen LogP contribution in [0, 0.1) is 5.82 Å². The molecular weight excluding hydrogens is 342 g/mol. The van der Waals surface area contributed by atoms with Crippen LogP contribution in [0.4, 0.5) is 23.2 Å². The average molecular weight is 351 g/mol. The van der Waals surface area contributed by atoms with Crippen LogP contribution in [0.2, 0.25) is 0 Å². The molecule has 1 heterocycles. The highest BCUT2D eigenvalue weighted by Crippen LogP contribution is 2.34. The third kappa shape index (κ3) is 3.49. The van der Waals surface area contributed by atoms with Gasteiger partial charge in [0.1, 0.15) is 5.82 Å². The third-order valence-electron chi connectivity index (χ3n) is 3.20. The molecule has 0 aliphatic carbocycles. The van der Waals surface area contributed by atoms with E-state index in [1.807, 2.05) is 0 Å². The number of carbonyl (C=O) groups excluding carboxylic acids is 1. The summed E-state index contributed by atoms with van der Waals surface area (Å²) in [6.45, 7) is 0. The first-order valence-electron chi connectivity index (χ1n) is 6.92. The first-order valence-corrected chi connectivity index (χ1v) is 6.92. The number of benzene rings is 2. The monoisotopic (exact) mass is 351 g/mol. The van der Waals surface area contributed by atoms with Crippen molar-refractivity contribution in [1.82, 2.24) is 10.2 Å². The van der Waals surface area contributed by atoms with Crippen molar-refractivity contribution < 1.29 is 26.8 Å². The van der Waals surface area contributed by atoms with E-state index in [9.17, 15) is 22.4 Å². The Labute approximate surface area is 138 Å². The third-order valence-corrected chi connectivity index (χ3v) is 3.20. The van der Waals surface area contributed by atoms with E-state index in [-0.39, 0.29) is 11.5 Å². The molecule has 0 aliphatic heterocycles. The van der Waals surface area contributed by atoms with Gasteiger partial charge in [-0.05, 0) is 24.3 Å². The van der Waals surface area contributed by atoms with Crippen molar-refractivity contribution in [1.29, 1.82) is 0 Å². The number of alkyl halides is 3. The Kier molecular flexibility index (Phi) is 4.22. The van der Waals surface area contributed by atoms with Gasteiger partial charge in [0.2, 0.25) is 0 Å². The smallest absolute Gasteiger partial charge is 0.412 e. The number of nitrogens with one attached hydrogen (secondary N) is 1. The minimum atomic E-state index is -4.64. The van der Waals surface area contributed by atoms with E-state index in [0.717, 1.165) is 12.1 Å². The van der Waals surface area contributed by atoms with Crippen molar-refractivity contribution in [2.24, 2.45) is 0 Å². The number of carbonyl (C=O) groups is 1. The lowest BCUT2D eigenvalue weighted by Crippen LogP contribution is -2.16. The minimum Gasteiger partial charge on any atom is -0.412 e. The molecule has 0 unspecified atom stereocenters. The molecule has 0 fully saturated rings. The summed E-state index contributed by atoms with van der Waals surface area (Å²) in [6, 6.07) is 9.97. The van der Waals surface area contributed by atoms with Gasteiger partial charge in [0, 0.05) is 0 Å². The number of hydrogen-bond acceptors (Lipinski definition) is 4. The van der Waals surface area contributed by atoms with Gasteiger partial charge in [-0.25, -0.2) is 4.39 Å². The van der Waals surface area contributed by atoms with Crippen molar-refractivity contribution in [2.75, 3.05) is 5.32 Å². The number of hydrogen-bond donors (Lipinski definition) is 1. The topological polar surface area (TPSA) is 68.0 Å². The van der Waals surface area contributed by atoms with E-state index in [4.69, 9.17) is 4.42 Å². The number of anilines is 1. The molecule has 1 N–H and O–H groups in total. The highest BCUT2D eigenvalue weighted by Gasteiger charge is 2.34. The molecule has 0 aliphatic rings. The zero-order chi connectivity index (χ0) is 18.0.